The molecule has 3 heteroatoms. The molecule has 0 aliphatic carbocycles. The Morgan fingerprint density at radius 2 is 2.25 bits per heavy atom. The van der Waals surface area contributed by atoms with Crippen LogP contribution >= 0.6 is 0 Å². The third-order valence-corrected chi connectivity index (χ3v) is 2.76. The van der Waals surface area contributed by atoms with Crippen LogP contribution in [0.25, 0.3) is 11.0 Å². The first kappa shape index (κ1) is 10.9. The van der Waals surface area contributed by atoms with Gasteiger partial charge in [0.2, 0.25) is 0 Å². The van der Waals surface area contributed by atoms with Crippen LogP contribution in [-0.2, 0) is 0 Å². The molecule has 1 aromatic heterocycles. The molecule has 1 heterocycles. The Labute approximate surface area is 93.8 Å². The van der Waals surface area contributed by atoms with E-state index in [2.05, 4.69) is 11.9 Å². The SMILES string of the molecule is C=CC(NC)c1oc2ccc(F)cc2c1C. The molecule has 0 bridgehead atoms. The standard InChI is InChI=1S/C13H14FNO/c1-4-11(15-3)13-8(2)10-7-9(14)5-6-12(10)16-13/h4-7,11,15H,1H2,2-3H3. The second kappa shape index (κ2) is 4.10. The van der Waals surface area contributed by atoms with Crippen molar-refractivity contribution in [2.45, 2.75) is 13.0 Å². The molecule has 1 unspecified atom stereocenters. The van der Waals surface area contributed by atoms with E-state index in [4.69, 9.17) is 4.42 Å². The van der Waals surface area contributed by atoms with Crippen molar-refractivity contribution in [3.05, 3.63) is 48.0 Å². The van der Waals surface area contributed by atoms with Gasteiger partial charge in [0.15, 0.2) is 0 Å². The van der Waals surface area contributed by atoms with Gasteiger partial charge in [-0.25, -0.2) is 4.39 Å². The number of hydrogen-bond acceptors (Lipinski definition) is 2. The number of fused-ring (bicyclic) bond motifs is 1. The van der Waals surface area contributed by atoms with Crippen molar-refractivity contribution in [1.29, 1.82) is 0 Å². The Morgan fingerprint density at radius 3 is 2.88 bits per heavy atom. The van der Waals surface area contributed by atoms with Gasteiger partial charge in [0.1, 0.15) is 17.2 Å². The normalized spacial score (nSPS) is 12.9. The monoisotopic (exact) mass is 219 g/mol. The molecule has 0 spiro atoms. The Hall–Kier alpha value is -1.61. The van der Waals surface area contributed by atoms with E-state index in [0.717, 1.165) is 16.7 Å². The van der Waals surface area contributed by atoms with Crippen LogP contribution in [0.3, 0.4) is 0 Å². The summed E-state index contributed by atoms with van der Waals surface area (Å²) in [6, 6.07) is 4.50. The second-order valence-corrected chi connectivity index (χ2v) is 3.73. The van der Waals surface area contributed by atoms with Crippen LogP contribution in [0.2, 0.25) is 0 Å². The van der Waals surface area contributed by atoms with Crippen LogP contribution in [0.15, 0.2) is 35.3 Å². The van der Waals surface area contributed by atoms with E-state index in [1.165, 1.54) is 12.1 Å². The van der Waals surface area contributed by atoms with E-state index in [0.29, 0.717) is 5.58 Å². The smallest absolute Gasteiger partial charge is 0.134 e. The molecule has 1 aromatic carbocycles. The molecule has 0 radical (unpaired) electrons. The summed E-state index contributed by atoms with van der Waals surface area (Å²) < 4.78 is 18.8. The predicted octanol–water partition coefficient (Wildman–Crippen LogP) is 3.33. The highest BCUT2D eigenvalue weighted by atomic mass is 19.1. The molecule has 84 valence electrons. The minimum absolute atomic E-state index is 0.0459. The Morgan fingerprint density at radius 1 is 1.50 bits per heavy atom. The summed E-state index contributed by atoms with van der Waals surface area (Å²) in [5.74, 6) is 0.542. The van der Waals surface area contributed by atoms with Crippen LogP contribution < -0.4 is 5.32 Å². The van der Waals surface area contributed by atoms with Crippen molar-refractivity contribution in [3.63, 3.8) is 0 Å². The number of halogens is 1. The lowest BCUT2D eigenvalue weighted by atomic mass is 10.1. The number of hydrogen-bond donors (Lipinski definition) is 1. The summed E-state index contributed by atoms with van der Waals surface area (Å²) in [6.45, 7) is 5.67. The topological polar surface area (TPSA) is 25.2 Å². The van der Waals surface area contributed by atoms with Gasteiger partial charge in [0.05, 0.1) is 6.04 Å². The van der Waals surface area contributed by atoms with Gasteiger partial charge in [-0.15, -0.1) is 6.58 Å². The van der Waals surface area contributed by atoms with E-state index in [1.807, 2.05) is 14.0 Å². The van der Waals surface area contributed by atoms with Crippen LogP contribution in [0.1, 0.15) is 17.4 Å². The molecular weight excluding hydrogens is 205 g/mol. The quantitative estimate of drug-likeness (QED) is 0.801. The molecule has 0 amide bonds. The molecule has 0 saturated carbocycles. The molecule has 0 fully saturated rings. The third kappa shape index (κ3) is 1.63. The van der Waals surface area contributed by atoms with Crippen LogP contribution in [0, 0.1) is 12.7 Å². The lowest BCUT2D eigenvalue weighted by molar-refractivity contribution is 0.495. The Bertz CT molecular complexity index is 530. The molecule has 2 nitrogen and oxygen atoms in total. The lowest BCUT2D eigenvalue weighted by Crippen LogP contribution is -2.13. The fourth-order valence-corrected chi connectivity index (χ4v) is 1.86. The van der Waals surface area contributed by atoms with Gasteiger partial charge in [-0.3, -0.25) is 0 Å². The Balaban J connectivity index is 2.64. The van der Waals surface area contributed by atoms with E-state index >= 15 is 0 Å². The first-order valence-corrected chi connectivity index (χ1v) is 5.15. The highest BCUT2D eigenvalue weighted by Gasteiger charge is 2.16. The number of rotatable bonds is 3. The zero-order chi connectivity index (χ0) is 11.7. The zero-order valence-electron chi connectivity index (χ0n) is 9.38. The van der Waals surface area contributed by atoms with Crippen LogP contribution in [-0.4, -0.2) is 7.05 Å². The van der Waals surface area contributed by atoms with Crippen molar-refractivity contribution >= 4 is 11.0 Å². The van der Waals surface area contributed by atoms with Crippen LogP contribution in [0.5, 0.6) is 0 Å². The van der Waals surface area contributed by atoms with E-state index in [-0.39, 0.29) is 11.9 Å². The molecule has 0 aliphatic heterocycles. The van der Waals surface area contributed by atoms with Crippen molar-refractivity contribution in [2.24, 2.45) is 0 Å². The van der Waals surface area contributed by atoms with Gasteiger partial charge in [0, 0.05) is 10.9 Å². The first-order chi connectivity index (χ1) is 7.67. The third-order valence-electron chi connectivity index (χ3n) is 2.76. The number of furan rings is 1. The van der Waals surface area contributed by atoms with Gasteiger partial charge in [-0.2, -0.15) is 0 Å². The average molecular weight is 219 g/mol. The highest BCUT2D eigenvalue weighted by molar-refractivity contribution is 5.82. The molecule has 0 aliphatic rings. The molecule has 0 saturated heterocycles. The van der Waals surface area contributed by atoms with Gasteiger partial charge < -0.3 is 9.73 Å². The van der Waals surface area contributed by atoms with Gasteiger partial charge >= 0.3 is 0 Å². The van der Waals surface area contributed by atoms with Gasteiger partial charge in [-0.1, -0.05) is 6.08 Å². The van der Waals surface area contributed by atoms with E-state index in [1.54, 1.807) is 12.1 Å². The van der Waals surface area contributed by atoms with Crippen molar-refractivity contribution in [2.75, 3.05) is 7.05 Å². The maximum Gasteiger partial charge on any atom is 0.134 e. The summed E-state index contributed by atoms with van der Waals surface area (Å²) in [5.41, 5.74) is 1.66. The largest absolute Gasteiger partial charge is 0.459 e. The molecule has 2 rings (SSSR count). The van der Waals surface area contributed by atoms with Crippen molar-refractivity contribution < 1.29 is 8.81 Å². The summed E-state index contributed by atoms with van der Waals surface area (Å²) in [6.07, 6.45) is 1.76. The van der Waals surface area contributed by atoms with Gasteiger partial charge in [0.25, 0.3) is 0 Å². The molecule has 1 N–H and O–H groups in total. The highest BCUT2D eigenvalue weighted by Crippen LogP contribution is 2.30. The van der Waals surface area contributed by atoms with Crippen LogP contribution in [0.4, 0.5) is 4.39 Å². The number of likely N-dealkylation sites (N-methyl/N-ethyl adjacent to an activating group) is 1. The molecular formula is C13H14FNO. The van der Waals surface area contributed by atoms with E-state index < -0.39 is 0 Å². The molecule has 1 atom stereocenters. The second-order valence-electron chi connectivity index (χ2n) is 3.73. The summed E-state index contributed by atoms with van der Waals surface area (Å²) in [7, 11) is 1.83. The minimum atomic E-state index is -0.248. The fourth-order valence-electron chi connectivity index (χ4n) is 1.86. The molecule has 2 aromatic rings. The maximum atomic E-state index is 13.1. The maximum absolute atomic E-state index is 13.1. The van der Waals surface area contributed by atoms with Crippen molar-refractivity contribution in [3.8, 4) is 0 Å². The minimum Gasteiger partial charge on any atom is -0.459 e. The van der Waals surface area contributed by atoms with Crippen molar-refractivity contribution in [1.82, 2.24) is 5.32 Å². The number of aryl methyl sites for hydroxylation is 1. The summed E-state index contributed by atoms with van der Waals surface area (Å²) in [5, 5.41) is 3.90. The first-order valence-electron chi connectivity index (χ1n) is 5.15. The van der Waals surface area contributed by atoms with Gasteiger partial charge in [-0.05, 0) is 32.2 Å². The summed E-state index contributed by atoms with van der Waals surface area (Å²) >= 11 is 0. The zero-order valence-corrected chi connectivity index (χ0v) is 9.38. The Kier molecular flexibility index (Phi) is 2.79. The predicted molar refractivity (Wildman–Crippen MR) is 62.9 cm³/mol. The lowest BCUT2D eigenvalue weighted by Gasteiger charge is -2.08. The molecule has 16 heavy (non-hydrogen) atoms. The van der Waals surface area contributed by atoms with E-state index in [9.17, 15) is 4.39 Å². The average Bonchev–Trinajstić information content (AvgIpc) is 2.59. The summed E-state index contributed by atoms with van der Waals surface area (Å²) in [4.78, 5) is 0. The number of benzene rings is 1. The number of nitrogens with one attached hydrogen (secondary N) is 1. The fraction of sp³-hybridized carbons (Fsp3) is 0.231.